The Balaban J connectivity index is 2.58. The smallest absolute Gasteiger partial charge is 0.304 e. The van der Waals surface area contributed by atoms with E-state index in [1.165, 1.54) is 25.1 Å². The van der Waals surface area contributed by atoms with Crippen LogP contribution >= 0.6 is 0 Å². The molecular weight excluding hydrogens is 354 g/mol. The molecule has 1 aromatic rings. The van der Waals surface area contributed by atoms with Gasteiger partial charge >= 0.3 is 5.97 Å². The summed E-state index contributed by atoms with van der Waals surface area (Å²) in [6, 6.07) is 3.21. The second kappa shape index (κ2) is 11.1. The number of aromatic hydroxyl groups is 2. The van der Waals surface area contributed by atoms with Crippen LogP contribution in [0.1, 0.15) is 38.2 Å². The van der Waals surface area contributed by atoms with E-state index in [1.54, 1.807) is 0 Å². The third-order valence-corrected chi connectivity index (χ3v) is 3.83. The lowest BCUT2D eigenvalue weighted by Gasteiger charge is -2.19. The number of carbonyl (C=O) groups excluding carboxylic acids is 3. The summed E-state index contributed by atoms with van der Waals surface area (Å²) in [6.07, 6.45) is 0.227. The molecule has 0 heterocycles. The van der Waals surface area contributed by atoms with Gasteiger partial charge in [0.25, 0.3) is 0 Å². The molecular formula is C18H27N3O6. The van der Waals surface area contributed by atoms with Gasteiger partial charge in [0.2, 0.25) is 5.91 Å². The molecule has 0 spiro atoms. The summed E-state index contributed by atoms with van der Waals surface area (Å²) in [6.45, 7) is 1.46. The Hall–Kier alpha value is -2.65. The fourth-order valence-corrected chi connectivity index (χ4v) is 2.49. The molecule has 2 unspecified atom stereocenters. The average molecular weight is 381 g/mol. The lowest BCUT2D eigenvalue weighted by Crippen LogP contribution is -2.39. The number of carbonyl (C=O) groups is 3. The molecule has 0 saturated carbocycles. The quantitative estimate of drug-likeness (QED) is 0.204. The second-order valence-corrected chi connectivity index (χ2v) is 6.20. The lowest BCUT2D eigenvalue weighted by atomic mass is 10.0. The molecule has 0 aliphatic carbocycles. The summed E-state index contributed by atoms with van der Waals surface area (Å²) in [5.74, 6) is -1.40. The minimum absolute atomic E-state index is 0.0803. The third kappa shape index (κ3) is 8.52. The Kier molecular flexibility index (Phi) is 9.24. The highest BCUT2D eigenvalue weighted by Gasteiger charge is 2.18. The van der Waals surface area contributed by atoms with Gasteiger partial charge in [-0.2, -0.15) is 0 Å². The maximum atomic E-state index is 12.2. The summed E-state index contributed by atoms with van der Waals surface area (Å²) in [4.78, 5) is 35.0. The minimum atomic E-state index is -0.883. The van der Waals surface area contributed by atoms with E-state index in [9.17, 15) is 24.6 Å². The van der Waals surface area contributed by atoms with Crippen molar-refractivity contribution in [1.29, 1.82) is 0 Å². The van der Waals surface area contributed by atoms with Gasteiger partial charge in [0.05, 0.1) is 12.5 Å². The zero-order valence-electron chi connectivity index (χ0n) is 15.3. The Morgan fingerprint density at radius 1 is 1.22 bits per heavy atom. The molecule has 7 N–H and O–H groups in total. The molecule has 0 aliphatic rings. The Bertz CT molecular complexity index is 664. The van der Waals surface area contributed by atoms with Gasteiger partial charge in [0.15, 0.2) is 12.0 Å². The van der Waals surface area contributed by atoms with Crippen molar-refractivity contribution >= 4 is 17.7 Å². The number of rotatable bonds is 11. The number of phenolic OH excluding ortho intramolecular Hbond substituents is 2. The molecule has 1 rings (SSSR count). The second-order valence-electron chi connectivity index (χ2n) is 6.20. The molecule has 9 heteroatoms. The molecule has 0 radical (unpaired) electrons. The van der Waals surface area contributed by atoms with Crippen molar-refractivity contribution in [3.63, 3.8) is 0 Å². The van der Waals surface area contributed by atoms with E-state index in [2.05, 4.69) is 5.32 Å². The number of amides is 1. The predicted octanol–water partition coefficient (Wildman–Crippen LogP) is 0.0612. The number of ether oxygens (including phenoxy) is 1. The standard InChI is InChI=1S/C18H27N3O6/c1-11(22)27-18(4-2-3-14(20)16(25)7-8-19)21-17(26)10-12-9-13(23)5-6-15(12)24/h5-6,9,14,18,23-24H,2-4,7-8,10,19-20H2,1H3,(H,21,26). The van der Waals surface area contributed by atoms with Gasteiger partial charge < -0.3 is 31.7 Å². The van der Waals surface area contributed by atoms with Gasteiger partial charge in [-0.1, -0.05) is 0 Å². The van der Waals surface area contributed by atoms with E-state index in [1.807, 2.05) is 0 Å². The molecule has 1 aromatic carbocycles. The largest absolute Gasteiger partial charge is 0.508 e. The molecule has 150 valence electrons. The van der Waals surface area contributed by atoms with Crippen molar-refractivity contribution in [2.75, 3.05) is 6.54 Å². The molecule has 0 bridgehead atoms. The molecule has 1 amide bonds. The summed E-state index contributed by atoms with van der Waals surface area (Å²) in [7, 11) is 0. The molecule has 0 aliphatic heterocycles. The van der Waals surface area contributed by atoms with Crippen LogP contribution in [0.3, 0.4) is 0 Å². The van der Waals surface area contributed by atoms with E-state index in [-0.39, 0.29) is 48.7 Å². The maximum absolute atomic E-state index is 12.2. The van der Waals surface area contributed by atoms with Crippen molar-refractivity contribution in [2.45, 2.75) is 51.3 Å². The first-order valence-electron chi connectivity index (χ1n) is 8.68. The van der Waals surface area contributed by atoms with Crippen LogP contribution in [0.2, 0.25) is 0 Å². The van der Waals surface area contributed by atoms with E-state index >= 15 is 0 Å². The normalized spacial score (nSPS) is 12.9. The fraction of sp³-hybridized carbons (Fsp3) is 0.500. The van der Waals surface area contributed by atoms with Gasteiger partial charge in [0.1, 0.15) is 11.5 Å². The number of phenols is 2. The number of hydrogen-bond acceptors (Lipinski definition) is 8. The van der Waals surface area contributed by atoms with Gasteiger partial charge in [-0.05, 0) is 37.6 Å². The lowest BCUT2D eigenvalue weighted by molar-refractivity contribution is -0.150. The van der Waals surface area contributed by atoms with Crippen LogP contribution in [0.5, 0.6) is 11.5 Å². The molecule has 0 aromatic heterocycles. The van der Waals surface area contributed by atoms with E-state index in [4.69, 9.17) is 16.2 Å². The molecule has 27 heavy (non-hydrogen) atoms. The number of ketones is 1. The van der Waals surface area contributed by atoms with Crippen LogP contribution in [0.4, 0.5) is 0 Å². The maximum Gasteiger partial charge on any atom is 0.304 e. The monoisotopic (exact) mass is 381 g/mol. The minimum Gasteiger partial charge on any atom is -0.508 e. The van der Waals surface area contributed by atoms with Crippen LogP contribution < -0.4 is 16.8 Å². The highest BCUT2D eigenvalue weighted by atomic mass is 16.6. The molecule has 9 nitrogen and oxygen atoms in total. The number of nitrogens with two attached hydrogens (primary N) is 2. The number of nitrogens with one attached hydrogen (secondary N) is 1. The van der Waals surface area contributed by atoms with E-state index in [0.29, 0.717) is 12.8 Å². The Morgan fingerprint density at radius 3 is 2.56 bits per heavy atom. The van der Waals surface area contributed by atoms with Gasteiger partial charge in [-0.25, -0.2) is 0 Å². The van der Waals surface area contributed by atoms with Crippen molar-refractivity contribution in [1.82, 2.24) is 5.32 Å². The van der Waals surface area contributed by atoms with Crippen LogP contribution in [-0.4, -0.2) is 46.7 Å². The third-order valence-electron chi connectivity index (χ3n) is 3.83. The molecule has 2 atom stereocenters. The summed E-state index contributed by atoms with van der Waals surface area (Å²) in [5.41, 5.74) is 11.3. The first kappa shape index (κ1) is 22.4. The van der Waals surface area contributed by atoms with Gasteiger partial charge in [-0.3, -0.25) is 14.4 Å². The van der Waals surface area contributed by atoms with Gasteiger partial charge in [-0.15, -0.1) is 0 Å². The topological polar surface area (TPSA) is 165 Å². The van der Waals surface area contributed by atoms with Crippen LogP contribution in [0.15, 0.2) is 18.2 Å². The number of Topliss-reactive ketones (excluding diaryl/α,β-unsaturated/α-hetero) is 1. The summed E-state index contributed by atoms with van der Waals surface area (Å²) < 4.78 is 5.07. The molecule has 0 saturated heterocycles. The highest BCUT2D eigenvalue weighted by molar-refractivity contribution is 5.83. The average Bonchev–Trinajstić information content (AvgIpc) is 2.57. The first-order valence-corrected chi connectivity index (χ1v) is 8.68. The number of benzene rings is 1. The summed E-state index contributed by atoms with van der Waals surface area (Å²) in [5, 5.41) is 21.7. The van der Waals surface area contributed by atoms with Crippen molar-refractivity contribution in [3.05, 3.63) is 23.8 Å². The molecule has 0 fully saturated rings. The first-order chi connectivity index (χ1) is 12.7. The van der Waals surface area contributed by atoms with Crippen LogP contribution in [0, 0.1) is 0 Å². The summed E-state index contributed by atoms with van der Waals surface area (Å²) >= 11 is 0. The predicted molar refractivity (Wildman–Crippen MR) is 97.7 cm³/mol. The Labute approximate surface area is 157 Å². The van der Waals surface area contributed by atoms with Crippen molar-refractivity contribution in [2.24, 2.45) is 11.5 Å². The van der Waals surface area contributed by atoms with Crippen molar-refractivity contribution in [3.8, 4) is 11.5 Å². The van der Waals surface area contributed by atoms with Crippen LogP contribution in [-0.2, 0) is 25.5 Å². The van der Waals surface area contributed by atoms with Crippen molar-refractivity contribution < 1.29 is 29.3 Å². The Morgan fingerprint density at radius 2 is 1.93 bits per heavy atom. The number of hydrogen-bond donors (Lipinski definition) is 5. The zero-order chi connectivity index (χ0) is 20.4. The van der Waals surface area contributed by atoms with E-state index in [0.717, 1.165) is 0 Å². The fourth-order valence-electron chi connectivity index (χ4n) is 2.49. The zero-order valence-corrected chi connectivity index (χ0v) is 15.3. The SMILES string of the molecule is CC(=O)OC(CCCC(N)C(=O)CCN)NC(=O)Cc1cc(O)ccc1O. The highest BCUT2D eigenvalue weighted by Crippen LogP contribution is 2.22. The van der Waals surface area contributed by atoms with Crippen LogP contribution in [0.25, 0.3) is 0 Å². The van der Waals surface area contributed by atoms with E-state index < -0.39 is 24.1 Å². The van der Waals surface area contributed by atoms with Gasteiger partial charge in [0, 0.05) is 25.3 Å². The number of esters is 1.